The van der Waals surface area contributed by atoms with Crippen LogP contribution < -0.4 is 20.1 Å². The number of hydrogen-bond acceptors (Lipinski definition) is 3. The molecule has 0 unspecified atom stereocenters. The standard InChI is InChI=1S/C16H25N3O2/c1-4-10-18-16(17-5-2)19-11-7-12-21-15-9-6-8-14(13-15)20-3/h4,6,8-9,13H,1,5,7,10-12H2,2-3H3,(H2,17,18,19). The lowest BCUT2D eigenvalue weighted by atomic mass is 10.3. The third kappa shape index (κ3) is 7.25. The summed E-state index contributed by atoms with van der Waals surface area (Å²) in [5.41, 5.74) is 0. The summed E-state index contributed by atoms with van der Waals surface area (Å²) in [6.45, 7) is 8.58. The quantitative estimate of drug-likeness (QED) is 0.317. The van der Waals surface area contributed by atoms with Crippen molar-refractivity contribution in [2.75, 3.05) is 33.4 Å². The molecule has 5 heteroatoms. The summed E-state index contributed by atoms with van der Waals surface area (Å²) in [7, 11) is 1.65. The first-order chi connectivity index (χ1) is 10.3. The Morgan fingerprint density at radius 3 is 2.86 bits per heavy atom. The zero-order valence-corrected chi connectivity index (χ0v) is 12.9. The summed E-state index contributed by atoms with van der Waals surface area (Å²) in [5, 5.41) is 6.33. The van der Waals surface area contributed by atoms with E-state index in [0.717, 1.165) is 30.4 Å². The fourth-order valence-electron chi connectivity index (χ4n) is 1.65. The minimum atomic E-state index is 0.623. The Balaban J connectivity index is 2.29. The highest BCUT2D eigenvalue weighted by molar-refractivity contribution is 5.79. The van der Waals surface area contributed by atoms with E-state index >= 15 is 0 Å². The second-order valence-electron chi connectivity index (χ2n) is 4.31. The van der Waals surface area contributed by atoms with Gasteiger partial charge in [0.15, 0.2) is 5.96 Å². The Morgan fingerprint density at radius 2 is 2.14 bits per heavy atom. The summed E-state index contributed by atoms with van der Waals surface area (Å²) in [5.74, 6) is 2.42. The van der Waals surface area contributed by atoms with Gasteiger partial charge >= 0.3 is 0 Å². The number of nitrogens with one attached hydrogen (secondary N) is 2. The van der Waals surface area contributed by atoms with Crippen molar-refractivity contribution in [3.05, 3.63) is 36.9 Å². The van der Waals surface area contributed by atoms with Crippen molar-refractivity contribution >= 4 is 5.96 Å². The highest BCUT2D eigenvalue weighted by Crippen LogP contribution is 2.18. The smallest absolute Gasteiger partial charge is 0.191 e. The molecule has 1 rings (SSSR count). The minimum Gasteiger partial charge on any atom is -0.497 e. The van der Waals surface area contributed by atoms with Crippen LogP contribution in [0, 0.1) is 0 Å². The first-order valence-electron chi connectivity index (χ1n) is 7.20. The molecule has 0 aliphatic heterocycles. The first-order valence-corrected chi connectivity index (χ1v) is 7.20. The number of ether oxygens (including phenoxy) is 2. The Hall–Kier alpha value is -2.17. The number of hydrogen-bond donors (Lipinski definition) is 2. The van der Waals surface area contributed by atoms with Gasteiger partial charge in [-0.25, -0.2) is 0 Å². The van der Waals surface area contributed by atoms with Crippen molar-refractivity contribution in [2.24, 2.45) is 4.99 Å². The topological polar surface area (TPSA) is 54.9 Å². The van der Waals surface area contributed by atoms with Gasteiger partial charge < -0.3 is 20.1 Å². The van der Waals surface area contributed by atoms with E-state index in [4.69, 9.17) is 9.47 Å². The molecule has 0 aromatic heterocycles. The summed E-state index contributed by atoms with van der Waals surface area (Å²) in [6.07, 6.45) is 2.65. The van der Waals surface area contributed by atoms with Crippen LogP contribution in [0.2, 0.25) is 0 Å². The molecule has 116 valence electrons. The second-order valence-corrected chi connectivity index (χ2v) is 4.31. The molecule has 0 spiro atoms. The van der Waals surface area contributed by atoms with Gasteiger partial charge in [0.1, 0.15) is 11.5 Å². The maximum atomic E-state index is 5.67. The van der Waals surface area contributed by atoms with Crippen LogP contribution in [0.3, 0.4) is 0 Å². The molecule has 1 aromatic carbocycles. The molecule has 0 bridgehead atoms. The fourth-order valence-corrected chi connectivity index (χ4v) is 1.65. The van der Waals surface area contributed by atoms with Crippen molar-refractivity contribution in [2.45, 2.75) is 13.3 Å². The van der Waals surface area contributed by atoms with E-state index < -0.39 is 0 Å². The third-order valence-corrected chi connectivity index (χ3v) is 2.64. The van der Waals surface area contributed by atoms with Crippen LogP contribution in [0.15, 0.2) is 41.9 Å². The molecule has 0 heterocycles. The molecule has 0 amide bonds. The highest BCUT2D eigenvalue weighted by atomic mass is 16.5. The monoisotopic (exact) mass is 291 g/mol. The molecule has 2 N–H and O–H groups in total. The van der Waals surface area contributed by atoms with Gasteiger partial charge in [0.2, 0.25) is 0 Å². The maximum Gasteiger partial charge on any atom is 0.191 e. The number of aliphatic imine (C=N–C) groups is 1. The molecular formula is C16H25N3O2. The van der Waals surface area contributed by atoms with E-state index in [1.54, 1.807) is 13.2 Å². The Morgan fingerprint density at radius 1 is 1.33 bits per heavy atom. The molecule has 0 atom stereocenters. The second kappa shape index (κ2) is 10.6. The summed E-state index contributed by atoms with van der Waals surface area (Å²) < 4.78 is 10.8. The van der Waals surface area contributed by atoms with Crippen molar-refractivity contribution in [1.29, 1.82) is 0 Å². The Kier molecular flexibility index (Phi) is 8.52. The van der Waals surface area contributed by atoms with Gasteiger partial charge in [0.25, 0.3) is 0 Å². The van der Waals surface area contributed by atoms with E-state index in [1.165, 1.54) is 0 Å². The summed E-state index contributed by atoms with van der Waals surface area (Å²) in [4.78, 5) is 4.46. The van der Waals surface area contributed by atoms with Gasteiger partial charge in [0, 0.05) is 32.1 Å². The van der Waals surface area contributed by atoms with Gasteiger partial charge in [-0.05, 0) is 19.1 Å². The van der Waals surface area contributed by atoms with E-state index in [-0.39, 0.29) is 0 Å². The van der Waals surface area contributed by atoms with Crippen LogP contribution in [0.25, 0.3) is 0 Å². The van der Waals surface area contributed by atoms with Crippen LogP contribution in [-0.2, 0) is 0 Å². The van der Waals surface area contributed by atoms with Gasteiger partial charge in [-0.1, -0.05) is 12.1 Å². The lowest BCUT2D eigenvalue weighted by Crippen LogP contribution is -2.37. The van der Waals surface area contributed by atoms with Gasteiger partial charge in [-0.3, -0.25) is 4.99 Å². The van der Waals surface area contributed by atoms with Gasteiger partial charge in [-0.15, -0.1) is 6.58 Å². The SMILES string of the molecule is C=CCNC(=NCCCOc1cccc(OC)c1)NCC. The Labute approximate surface area is 127 Å². The van der Waals surface area contributed by atoms with E-state index in [2.05, 4.69) is 22.2 Å². The van der Waals surface area contributed by atoms with Crippen molar-refractivity contribution in [3.8, 4) is 11.5 Å². The predicted octanol–water partition coefficient (Wildman–Crippen LogP) is 2.21. The first kappa shape index (κ1) is 16.9. The summed E-state index contributed by atoms with van der Waals surface area (Å²) in [6, 6.07) is 7.60. The number of nitrogens with zero attached hydrogens (tertiary/aromatic N) is 1. The third-order valence-electron chi connectivity index (χ3n) is 2.64. The molecule has 0 radical (unpaired) electrons. The lowest BCUT2D eigenvalue weighted by Gasteiger charge is -2.10. The average molecular weight is 291 g/mol. The molecule has 21 heavy (non-hydrogen) atoms. The maximum absolute atomic E-state index is 5.67. The number of methoxy groups -OCH3 is 1. The molecule has 0 aliphatic rings. The van der Waals surface area contributed by atoms with Crippen molar-refractivity contribution in [3.63, 3.8) is 0 Å². The molecule has 0 saturated heterocycles. The Bertz CT molecular complexity index is 447. The van der Waals surface area contributed by atoms with E-state index in [0.29, 0.717) is 19.7 Å². The molecular weight excluding hydrogens is 266 g/mol. The largest absolute Gasteiger partial charge is 0.497 e. The lowest BCUT2D eigenvalue weighted by molar-refractivity contribution is 0.311. The normalized spacial score (nSPS) is 10.9. The van der Waals surface area contributed by atoms with Gasteiger partial charge in [-0.2, -0.15) is 0 Å². The average Bonchev–Trinajstić information content (AvgIpc) is 2.52. The molecule has 1 aromatic rings. The van der Waals surface area contributed by atoms with Crippen LogP contribution >= 0.6 is 0 Å². The predicted molar refractivity (Wildman–Crippen MR) is 87.3 cm³/mol. The van der Waals surface area contributed by atoms with Crippen LogP contribution in [0.5, 0.6) is 11.5 Å². The zero-order chi connectivity index (χ0) is 15.3. The minimum absolute atomic E-state index is 0.623. The van der Waals surface area contributed by atoms with Gasteiger partial charge in [0.05, 0.1) is 13.7 Å². The number of guanidine groups is 1. The summed E-state index contributed by atoms with van der Waals surface area (Å²) >= 11 is 0. The highest BCUT2D eigenvalue weighted by Gasteiger charge is 1.97. The van der Waals surface area contributed by atoms with E-state index in [1.807, 2.05) is 31.2 Å². The van der Waals surface area contributed by atoms with Crippen LogP contribution in [-0.4, -0.2) is 39.3 Å². The molecule has 5 nitrogen and oxygen atoms in total. The molecule has 0 aliphatic carbocycles. The molecule has 0 saturated carbocycles. The zero-order valence-electron chi connectivity index (χ0n) is 12.9. The van der Waals surface area contributed by atoms with E-state index in [9.17, 15) is 0 Å². The number of rotatable bonds is 9. The van der Waals surface area contributed by atoms with Crippen LogP contribution in [0.4, 0.5) is 0 Å². The fraction of sp³-hybridized carbons (Fsp3) is 0.438. The van der Waals surface area contributed by atoms with Crippen molar-refractivity contribution < 1.29 is 9.47 Å². The van der Waals surface area contributed by atoms with Crippen LogP contribution in [0.1, 0.15) is 13.3 Å². The van der Waals surface area contributed by atoms with Crippen molar-refractivity contribution in [1.82, 2.24) is 10.6 Å². The molecule has 0 fully saturated rings. The number of benzene rings is 1.